The molecule has 2 aromatic carbocycles. The summed E-state index contributed by atoms with van der Waals surface area (Å²) < 4.78 is 31.1. The standard InChI is InChI=1S/C21H22BrN5O3S/c1-23-21(28)20-17-11-16(13-3-4-13)19(26-10-9-25(2)31(26,29)30)12-18(17)24-27(20)15-7-5-14(22)6-8-15/h5-8,11-13H,3-4,9-10H2,1-2H3,(H,23,28). The zero-order valence-corrected chi connectivity index (χ0v) is 19.6. The summed E-state index contributed by atoms with van der Waals surface area (Å²) in [4.78, 5) is 12.8. The molecule has 2 fully saturated rings. The molecule has 1 aromatic heterocycles. The maximum absolute atomic E-state index is 12.9. The quantitative estimate of drug-likeness (QED) is 0.592. The number of halogens is 1. The summed E-state index contributed by atoms with van der Waals surface area (Å²) in [6, 6.07) is 11.3. The average molecular weight is 504 g/mol. The normalized spacial score (nSPS) is 18.6. The Labute approximate surface area is 189 Å². The van der Waals surface area contributed by atoms with Crippen LogP contribution in [0.1, 0.15) is 34.8 Å². The zero-order chi connectivity index (χ0) is 21.9. The number of nitrogens with zero attached hydrogens (tertiary/aromatic N) is 4. The molecule has 1 saturated carbocycles. The number of hydrogen-bond acceptors (Lipinski definition) is 4. The molecule has 1 amide bonds. The van der Waals surface area contributed by atoms with E-state index in [1.165, 1.54) is 8.61 Å². The highest BCUT2D eigenvalue weighted by Crippen LogP contribution is 2.47. The molecule has 0 unspecified atom stereocenters. The summed E-state index contributed by atoms with van der Waals surface area (Å²) in [5, 5.41) is 8.14. The smallest absolute Gasteiger partial charge is 0.303 e. The molecule has 0 atom stereocenters. The summed E-state index contributed by atoms with van der Waals surface area (Å²) in [5.74, 6) is 0.0579. The Bertz CT molecular complexity index is 1300. The zero-order valence-electron chi connectivity index (χ0n) is 17.2. The van der Waals surface area contributed by atoms with Crippen LogP contribution in [0.15, 0.2) is 40.9 Å². The van der Waals surface area contributed by atoms with Gasteiger partial charge in [-0.25, -0.2) is 4.68 Å². The fraction of sp³-hybridized carbons (Fsp3) is 0.333. The Morgan fingerprint density at radius 3 is 2.45 bits per heavy atom. The summed E-state index contributed by atoms with van der Waals surface area (Å²) in [7, 11) is -0.362. The van der Waals surface area contributed by atoms with E-state index in [0.29, 0.717) is 35.9 Å². The second kappa shape index (κ2) is 7.32. The molecule has 2 aliphatic rings. The van der Waals surface area contributed by atoms with Gasteiger partial charge < -0.3 is 5.32 Å². The van der Waals surface area contributed by atoms with Gasteiger partial charge in [-0.1, -0.05) is 15.9 Å². The largest absolute Gasteiger partial charge is 0.354 e. The number of aromatic nitrogens is 2. The van der Waals surface area contributed by atoms with Crippen molar-refractivity contribution >= 4 is 48.6 Å². The van der Waals surface area contributed by atoms with Gasteiger partial charge in [0.1, 0.15) is 5.69 Å². The molecule has 3 aromatic rings. The number of fused-ring (bicyclic) bond motifs is 1. The Hall–Kier alpha value is -2.43. The van der Waals surface area contributed by atoms with Gasteiger partial charge in [0.05, 0.1) is 16.9 Å². The minimum atomic E-state index is -3.55. The van der Waals surface area contributed by atoms with Crippen LogP contribution in [0.4, 0.5) is 5.69 Å². The first-order chi connectivity index (χ1) is 14.8. The van der Waals surface area contributed by atoms with Crippen molar-refractivity contribution in [1.29, 1.82) is 0 Å². The monoisotopic (exact) mass is 503 g/mol. The summed E-state index contributed by atoms with van der Waals surface area (Å²) in [6.45, 7) is 0.848. The van der Waals surface area contributed by atoms with Gasteiger partial charge in [-0.05, 0) is 60.7 Å². The fourth-order valence-corrected chi connectivity index (χ4v) is 5.69. The van der Waals surface area contributed by atoms with Crippen LogP contribution >= 0.6 is 15.9 Å². The number of rotatable bonds is 4. The Morgan fingerprint density at radius 1 is 1.16 bits per heavy atom. The van der Waals surface area contributed by atoms with Gasteiger partial charge in [0.2, 0.25) is 0 Å². The minimum absolute atomic E-state index is 0.242. The van der Waals surface area contributed by atoms with Gasteiger partial charge in [-0.2, -0.15) is 17.8 Å². The van der Waals surface area contributed by atoms with E-state index in [2.05, 4.69) is 21.2 Å². The molecule has 1 N–H and O–H groups in total. The number of benzene rings is 2. The van der Waals surface area contributed by atoms with E-state index < -0.39 is 10.2 Å². The molecule has 1 aliphatic carbocycles. The van der Waals surface area contributed by atoms with Crippen LogP contribution < -0.4 is 9.62 Å². The molecule has 1 aliphatic heterocycles. The SMILES string of the molecule is CNC(=O)c1c2cc(C3CC3)c(N3CCN(C)S3(=O)=O)cc2nn1-c1ccc(Br)cc1. The molecule has 0 radical (unpaired) electrons. The summed E-state index contributed by atoms with van der Waals surface area (Å²) >= 11 is 3.43. The number of nitrogens with one attached hydrogen (secondary N) is 1. The van der Waals surface area contributed by atoms with Crippen LogP contribution in [0.2, 0.25) is 0 Å². The van der Waals surface area contributed by atoms with E-state index in [-0.39, 0.29) is 5.91 Å². The topological polar surface area (TPSA) is 87.5 Å². The van der Waals surface area contributed by atoms with Crippen LogP contribution in [-0.2, 0) is 10.2 Å². The van der Waals surface area contributed by atoms with Crippen molar-refractivity contribution in [1.82, 2.24) is 19.4 Å². The molecular weight excluding hydrogens is 482 g/mol. The van der Waals surface area contributed by atoms with Crippen molar-refractivity contribution in [2.45, 2.75) is 18.8 Å². The van der Waals surface area contributed by atoms with Gasteiger partial charge in [0.15, 0.2) is 0 Å². The van der Waals surface area contributed by atoms with Crippen molar-refractivity contribution in [3.05, 3.63) is 52.1 Å². The van der Waals surface area contributed by atoms with E-state index >= 15 is 0 Å². The lowest BCUT2D eigenvalue weighted by Crippen LogP contribution is -2.31. The van der Waals surface area contributed by atoms with Crippen LogP contribution in [0.25, 0.3) is 16.6 Å². The molecule has 1 saturated heterocycles. The molecule has 162 valence electrons. The third kappa shape index (κ3) is 3.33. The number of amides is 1. The van der Waals surface area contributed by atoms with Crippen LogP contribution in [0.3, 0.4) is 0 Å². The Balaban J connectivity index is 1.76. The summed E-state index contributed by atoms with van der Waals surface area (Å²) in [6.07, 6.45) is 2.02. The van der Waals surface area contributed by atoms with Crippen molar-refractivity contribution in [2.75, 3.05) is 31.5 Å². The van der Waals surface area contributed by atoms with Gasteiger partial charge in [-0.15, -0.1) is 0 Å². The highest BCUT2D eigenvalue weighted by molar-refractivity contribution is 9.10. The predicted molar refractivity (Wildman–Crippen MR) is 123 cm³/mol. The van der Waals surface area contributed by atoms with Gasteiger partial charge >= 0.3 is 10.2 Å². The minimum Gasteiger partial charge on any atom is -0.354 e. The molecule has 31 heavy (non-hydrogen) atoms. The second-order valence-corrected chi connectivity index (χ2v) is 10.8. The van der Waals surface area contributed by atoms with E-state index in [1.54, 1.807) is 18.8 Å². The number of anilines is 1. The van der Waals surface area contributed by atoms with Crippen LogP contribution in [0.5, 0.6) is 0 Å². The fourth-order valence-electron chi connectivity index (χ4n) is 4.06. The predicted octanol–water partition coefficient (Wildman–Crippen LogP) is 3.02. The first-order valence-electron chi connectivity index (χ1n) is 10.1. The number of hydrogen-bond donors (Lipinski definition) is 1. The van der Waals surface area contributed by atoms with Gasteiger partial charge in [0, 0.05) is 37.0 Å². The van der Waals surface area contributed by atoms with Gasteiger partial charge in [-0.3, -0.25) is 9.10 Å². The summed E-state index contributed by atoms with van der Waals surface area (Å²) in [5.41, 5.74) is 3.41. The van der Waals surface area contributed by atoms with Crippen molar-refractivity contribution in [2.24, 2.45) is 0 Å². The first kappa shape index (κ1) is 20.5. The molecule has 2 heterocycles. The Morgan fingerprint density at radius 2 is 1.87 bits per heavy atom. The van der Waals surface area contributed by atoms with E-state index in [9.17, 15) is 13.2 Å². The highest BCUT2D eigenvalue weighted by Gasteiger charge is 2.38. The first-order valence-corrected chi connectivity index (χ1v) is 12.3. The highest BCUT2D eigenvalue weighted by atomic mass is 79.9. The lowest BCUT2D eigenvalue weighted by Gasteiger charge is -2.21. The second-order valence-electron chi connectivity index (χ2n) is 7.92. The van der Waals surface area contributed by atoms with Crippen molar-refractivity contribution in [3.63, 3.8) is 0 Å². The van der Waals surface area contributed by atoms with Crippen LogP contribution in [-0.4, -0.2) is 55.6 Å². The number of likely N-dealkylation sites (N-methyl/N-ethyl adjacent to an activating group) is 1. The Kier molecular flexibility index (Phi) is 4.83. The number of carbonyl (C=O) groups is 1. The van der Waals surface area contributed by atoms with Crippen molar-refractivity contribution < 1.29 is 13.2 Å². The lowest BCUT2D eigenvalue weighted by atomic mass is 10.0. The maximum Gasteiger partial charge on any atom is 0.303 e. The maximum atomic E-state index is 12.9. The third-order valence-electron chi connectivity index (χ3n) is 5.91. The molecule has 10 heteroatoms. The molecule has 5 rings (SSSR count). The lowest BCUT2D eigenvalue weighted by molar-refractivity contribution is 0.0957. The number of carbonyl (C=O) groups excluding carboxylic acids is 1. The molecule has 0 spiro atoms. The average Bonchev–Trinajstić information content (AvgIpc) is 3.47. The molecule has 8 nitrogen and oxygen atoms in total. The van der Waals surface area contributed by atoms with E-state index in [0.717, 1.165) is 34.0 Å². The van der Waals surface area contributed by atoms with Crippen LogP contribution in [0, 0.1) is 0 Å². The third-order valence-corrected chi connectivity index (χ3v) is 8.34. The molecule has 0 bridgehead atoms. The molecular formula is C21H22BrN5O3S. The van der Waals surface area contributed by atoms with E-state index in [4.69, 9.17) is 5.10 Å². The van der Waals surface area contributed by atoms with Gasteiger partial charge in [0.25, 0.3) is 5.91 Å². The van der Waals surface area contributed by atoms with Crippen molar-refractivity contribution in [3.8, 4) is 5.69 Å². The van der Waals surface area contributed by atoms with E-state index in [1.807, 2.05) is 36.4 Å².